The van der Waals surface area contributed by atoms with E-state index in [0.717, 1.165) is 21.8 Å². The lowest BCUT2D eigenvalue weighted by Crippen LogP contribution is -2.28. The Morgan fingerprint density at radius 3 is 1.86 bits per heavy atom. The van der Waals surface area contributed by atoms with Gasteiger partial charge in [-0.3, -0.25) is 0 Å². The summed E-state index contributed by atoms with van der Waals surface area (Å²) in [6, 6.07) is 3.64. The van der Waals surface area contributed by atoms with Gasteiger partial charge in [0.2, 0.25) is 0 Å². The minimum absolute atomic E-state index is 0.0169. The van der Waals surface area contributed by atoms with Crippen LogP contribution in [0.25, 0.3) is 0 Å². The van der Waals surface area contributed by atoms with Crippen molar-refractivity contribution in [2.75, 3.05) is 0 Å². The molecule has 0 saturated carbocycles. The third-order valence-corrected chi connectivity index (χ3v) is 5.40. The van der Waals surface area contributed by atoms with E-state index in [-0.39, 0.29) is 11.4 Å². The van der Waals surface area contributed by atoms with Crippen LogP contribution in [0.4, 0.5) is 0 Å². The molecule has 0 atom stereocenters. The molecule has 2 rings (SSSR count). The number of unbranched alkanes of at least 4 members (excludes halogenated alkanes) is 5. The van der Waals surface area contributed by atoms with Crippen LogP contribution in [0.3, 0.4) is 0 Å². The van der Waals surface area contributed by atoms with Crippen molar-refractivity contribution in [1.29, 1.82) is 0 Å². The third kappa shape index (κ3) is 3.68. The Balaban J connectivity index is 1.98. The van der Waals surface area contributed by atoms with E-state index >= 15 is 0 Å². The highest BCUT2D eigenvalue weighted by atomic mass is 79.9. The highest BCUT2D eigenvalue weighted by Crippen LogP contribution is 2.35. The van der Waals surface area contributed by atoms with Gasteiger partial charge in [0.15, 0.2) is 0 Å². The Morgan fingerprint density at radius 1 is 0.857 bits per heavy atom. The summed E-state index contributed by atoms with van der Waals surface area (Å²) in [6.07, 6.45) is 7.69. The summed E-state index contributed by atoms with van der Waals surface area (Å²) in [5, 5.41) is 0. The predicted molar refractivity (Wildman–Crippen MR) is 94.4 cm³/mol. The molecule has 1 aliphatic rings. The number of rotatable bonds is 7. The van der Waals surface area contributed by atoms with Gasteiger partial charge in [-0.25, -0.2) is 0 Å². The van der Waals surface area contributed by atoms with Crippen molar-refractivity contribution < 1.29 is 9.59 Å². The smallest absolute Gasteiger partial charge is 0.305 e. The summed E-state index contributed by atoms with van der Waals surface area (Å²) < 4.78 is 1.45. The zero-order valence-corrected chi connectivity index (χ0v) is 15.4. The van der Waals surface area contributed by atoms with E-state index in [4.69, 9.17) is 0 Å². The van der Waals surface area contributed by atoms with Gasteiger partial charge < -0.3 is 9.59 Å². The van der Waals surface area contributed by atoms with Crippen LogP contribution in [0.1, 0.15) is 66.2 Å². The van der Waals surface area contributed by atoms with Crippen LogP contribution in [0.5, 0.6) is 0 Å². The van der Waals surface area contributed by atoms with Crippen molar-refractivity contribution >= 4 is 49.9 Å². The fourth-order valence-electron chi connectivity index (χ4n) is 2.89. The van der Waals surface area contributed by atoms with Crippen molar-refractivity contribution in [2.24, 2.45) is 0 Å². The van der Waals surface area contributed by atoms with Gasteiger partial charge >= 0.3 is 6.71 Å². The Bertz CT molecular complexity index is 516. The SMILES string of the molecule is CCCCCCCCB1C(=O)c2c(Br)ccc(Br)c2C1=O. The number of hydrogen-bond donors (Lipinski definition) is 0. The van der Waals surface area contributed by atoms with Crippen LogP contribution in [-0.4, -0.2) is 18.1 Å². The Labute approximate surface area is 143 Å². The van der Waals surface area contributed by atoms with Crippen molar-refractivity contribution in [3.63, 3.8) is 0 Å². The lowest BCUT2D eigenvalue weighted by Gasteiger charge is -2.03. The first-order valence-electron chi connectivity index (χ1n) is 7.64. The summed E-state index contributed by atoms with van der Waals surface area (Å²) in [5.74, 6) is 0. The first-order chi connectivity index (χ1) is 10.1. The minimum Gasteiger partial charge on any atom is -0.305 e. The van der Waals surface area contributed by atoms with Gasteiger partial charge in [-0.1, -0.05) is 83.6 Å². The first-order valence-corrected chi connectivity index (χ1v) is 9.23. The van der Waals surface area contributed by atoms with E-state index in [2.05, 4.69) is 38.8 Å². The van der Waals surface area contributed by atoms with Gasteiger partial charge in [0, 0.05) is 20.1 Å². The van der Waals surface area contributed by atoms with Gasteiger partial charge in [0.1, 0.15) is 11.4 Å². The summed E-state index contributed by atoms with van der Waals surface area (Å²) >= 11 is 6.79. The lowest BCUT2D eigenvalue weighted by molar-refractivity contribution is 0.105. The molecule has 0 unspecified atom stereocenters. The molecular weight excluding hydrogens is 395 g/mol. The molecule has 0 bridgehead atoms. The normalized spacial score (nSPS) is 14.0. The summed E-state index contributed by atoms with van der Waals surface area (Å²) in [6.45, 7) is 1.73. The van der Waals surface area contributed by atoms with Crippen LogP contribution in [0, 0.1) is 0 Å². The predicted octanol–water partition coefficient (Wildman–Crippen LogP) is 5.52. The number of fused-ring (bicyclic) bond motifs is 1. The minimum atomic E-state index is -0.471. The second-order valence-corrected chi connectivity index (χ2v) is 7.33. The maximum atomic E-state index is 12.5. The average molecular weight is 414 g/mol. The van der Waals surface area contributed by atoms with E-state index in [1.807, 2.05) is 12.1 Å². The highest BCUT2D eigenvalue weighted by Gasteiger charge is 2.43. The molecule has 0 aliphatic carbocycles. The standard InChI is InChI=1S/C16H19BBr2O2/c1-2-3-4-5-6-7-10-17-15(20)13-11(18)8-9-12(19)14(13)16(17)21/h8-9H,2-7,10H2,1H3. The maximum absolute atomic E-state index is 12.5. The third-order valence-electron chi connectivity index (χ3n) is 4.08. The number of carbonyl (C=O) groups is 2. The van der Waals surface area contributed by atoms with E-state index in [1.165, 1.54) is 25.7 Å². The number of benzene rings is 1. The second kappa shape index (κ2) is 7.73. The van der Waals surface area contributed by atoms with E-state index < -0.39 is 6.71 Å². The highest BCUT2D eigenvalue weighted by molar-refractivity contribution is 9.11. The molecule has 1 aliphatic heterocycles. The molecule has 0 amide bonds. The molecule has 2 nitrogen and oxygen atoms in total. The van der Waals surface area contributed by atoms with Crippen molar-refractivity contribution in [1.82, 2.24) is 0 Å². The number of hydrogen-bond acceptors (Lipinski definition) is 2. The zero-order valence-electron chi connectivity index (χ0n) is 12.3. The van der Waals surface area contributed by atoms with Gasteiger partial charge in [-0.2, -0.15) is 0 Å². The monoisotopic (exact) mass is 412 g/mol. The van der Waals surface area contributed by atoms with Gasteiger partial charge in [-0.05, 0) is 12.1 Å². The van der Waals surface area contributed by atoms with Crippen LogP contribution < -0.4 is 0 Å². The molecule has 0 spiro atoms. The summed E-state index contributed by atoms with van der Waals surface area (Å²) in [4.78, 5) is 24.9. The van der Waals surface area contributed by atoms with Crippen molar-refractivity contribution in [3.8, 4) is 0 Å². The largest absolute Gasteiger partial charge is 0.315 e. The Kier molecular flexibility index (Phi) is 6.24. The average Bonchev–Trinajstić information content (AvgIpc) is 2.72. The van der Waals surface area contributed by atoms with Crippen LogP contribution >= 0.6 is 31.9 Å². The molecule has 0 N–H and O–H groups in total. The first kappa shape index (κ1) is 16.9. The number of halogens is 2. The number of carbonyl (C=O) groups excluding carboxylic acids is 2. The molecule has 112 valence electrons. The van der Waals surface area contributed by atoms with Crippen LogP contribution in [0.15, 0.2) is 21.1 Å². The summed E-state index contributed by atoms with van der Waals surface area (Å²) in [5.41, 5.74) is 1.09. The van der Waals surface area contributed by atoms with E-state index in [0.29, 0.717) is 17.4 Å². The zero-order chi connectivity index (χ0) is 15.4. The molecule has 0 fully saturated rings. The Hall–Kier alpha value is -0.415. The van der Waals surface area contributed by atoms with E-state index in [9.17, 15) is 9.59 Å². The molecule has 21 heavy (non-hydrogen) atoms. The van der Waals surface area contributed by atoms with Gasteiger partial charge in [0.25, 0.3) is 0 Å². The molecule has 1 heterocycles. The molecule has 1 aromatic rings. The summed E-state index contributed by atoms with van der Waals surface area (Å²) in [7, 11) is 0. The quantitative estimate of drug-likeness (QED) is 0.435. The fraction of sp³-hybridized carbons (Fsp3) is 0.500. The van der Waals surface area contributed by atoms with Gasteiger partial charge in [0.05, 0.1) is 0 Å². The second-order valence-electron chi connectivity index (χ2n) is 5.62. The molecule has 0 saturated heterocycles. The molecule has 1 aromatic carbocycles. The van der Waals surface area contributed by atoms with Crippen molar-refractivity contribution in [2.45, 2.75) is 51.8 Å². The fourth-order valence-corrected chi connectivity index (χ4v) is 3.94. The molecule has 0 radical (unpaired) electrons. The van der Waals surface area contributed by atoms with E-state index in [1.54, 1.807) is 0 Å². The molecule has 0 aromatic heterocycles. The van der Waals surface area contributed by atoms with Crippen LogP contribution in [0.2, 0.25) is 6.32 Å². The molecular formula is C16H19BBr2O2. The topological polar surface area (TPSA) is 34.1 Å². The molecule has 5 heteroatoms. The lowest BCUT2D eigenvalue weighted by atomic mass is 9.43. The Morgan fingerprint density at radius 2 is 1.33 bits per heavy atom. The van der Waals surface area contributed by atoms with Crippen molar-refractivity contribution in [3.05, 3.63) is 32.2 Å². The van der Waals surface area contributed by atoms with Crippen LogP contribution in [-0.2, 0) is 0 Å². The van der Waals surface area contributed by atoms with Gasteiger partial charge in [-0.15, -0.1) is 0 Å². The maximum Gasteiger partial charge on any atom is 0.315 e.